The number of esters is 1. The Morgan fingerprint density at radius 2 is 1.96 bits per heavy atom. The average Bonchev–Trinajstić information content (AvgIpc) is 2.59. The Morgan fingerprint density at radius 3 is 2.57 bits per heavy atom. The zero-order valence-corrected chi connectivity index (χ0v) is 14.6. The fourth-order valence-corrected chi connectivity index (χ4v) is 4.46. The van der Waals surface area contributed by atoms with Crippen molar-refractivity contribution in [1.82, 2.24) is 4.72 Å². The highest BCUT2D eigenvalue weighted by Crippen LogP contribution is 2.21. The Kier molecular flexibility index (Phi) is 6.88. The first kappa shape index (κ1) is 18.3. The molecule has 1 aliphatic rings. The number of ether oxygens (including phenoxy) is 2. The van der Waals surface area contributed by atoms with Crippen LogP contribution in [0.1, 0.15) is 23.2 Å². The highest BCUT2D eigenvalue weighted by Gasteiger charge is 2.16. The zero-order valence-electron chi connectivity index (χ0n) is 13.0. The molecule has 0 spiro atoms. The number of rotatable bonds is 7. The average molecular weight is 359 g/mol. The van der Waals surface area contributed by atoms with Crippen LogP contribution < -0.4 is 4.72 Å². The molecule has 1 aromatic rings. The Labute approximate surface area is 141 Å². The maximum atomic E-state index is 12.2. The smallest absolute Gasteiger partial charge is 0.337 e. The summed E-state index contributed by atoms with van der Waals surface area (Å²) in [7, 11) is -2.27. The Bertz CT molecular complexity index is 609. The molecule has 0 aromatic heterocycles. The topological polar surface area (TPSA) is 81.7 Å². The van der Waals surface area contributed by atoms with Crippen molar-refractivity contribution >= 4 is 27.8 Å². The van der Waals surface area contributed by atoms with Gasteiger partial charge in [-0.15, -0.1) is 0 Å². The van der Waals surface area contributed by atoms with Crippen molar-refractivity contribution in [2.45, 2.75) is 23.0 Å². The summed E-state index contributed by atoms with van der Waals surface area (Å²) >= 11 is 1.77. The van der Waals surface area contributed by atoms with Crippen LogP contribution in [-0.4, -0.2) is 52.3 Å². The third-order valence-electron chi connectivity index (χ3n) is 3.50. The summed E-state index contributed by atoms with van der Waals surface area (Å²) in [6, 6.07) is 5.69. The van der Waals surface area contributed by atoms with Crippen LogP contribution in [0.4, 0.5) is 0 Å². The molecule has 8 heteroatoms. The van der Waals surface area contributed by atoms with E-state index in [-0.39, 0.29) is 4.90 Å². The van der Waals surface area contributed by atoms with E-state index in [4.69, 9.17) is 4.74 Å². The lowest BCUT2D eigenvalue weighted by Crippen LogP contribution is -2.27. The molecule has 0 atom stereocenters. The first-order chi connectivity index (χ1) is 11.0. The Hall–Kier alpha value is -1.09. The van der Waals surface area contributed by atoms with Gasteiger partial charge in [0.25, 0.3) is 0 Å². The summed E-state index contributed by atoms with van der Waals surface area (Å²) in [6.45, 7) is 1.95. The van der Waals surface area contributed by atoms with E-state index in [0.29, 0.717) is 17.4 Å². The molecule has 128 valence electrons. The standard InChI is InChI=1S/C15H21NO5S2/c1-20-15(17)12-2-4-14(5-3-12)23(18,19)16-8-11-22-13-6-9-21-10-7-13/h2-5,13,16H,6-11H2,1H3. The molecule has 23 heavy (non-hydrogen) atoms. The van der Waals surface area contributed by atoms with Gasteiger partial charge in [-0.3, -0.25) is 0 Å². The van der Waals surface area contributed by atoms with E-state index in [2.05, 4.69) is 9.46 Å². The van der Waals surface area contributed by atoms with Crippen molar-refractivity contribution in [3.05, 3.63) is 29.8 Å². The van der Waals surface area contributed by atoms with Gasteiger partial charge < -0.3 is 9.47 Å². The third kappa shape index (κ3) is 5.49. The largest absolute Gasteiger partial charge is 0.465 e. The van der Waals surface area contributed by atoms with Gasteiger partial charge in [0.2, 0.25) is 10.0 Å². The Morgan fingerprint density at radius 1 is 1.30 bits per heavy atom. The molecule has 1 aliphatic heterocycles. The predicted octanol–water partition coefficient (Wildman–Crippen LogP) is 1.66. The van der Waals surface area contributed by atoms with Crippen LogP contribution in [0, 0.1) is 0 Å². The highest BCUT2D eigenvalue weighted by atomic mass is 32.2. The van der Waals surface area contributed by atoms with Crippen molar-refractivity contribution in [2.75, 3.05) is 32.6 Å². The second-order valence-corrected chi connectivity index (χ2v) is 8.27. The lowest BCUT2D eigenvalue weighted by atomic mass is 10.2. The summed E-state index contributed by atoms with van der Waals surface area (Å²) < 4.78 is 36.8. The molecular formula is C15H21NO5S2. The lowest BCUT2D eigenvalue weighted by molar-refractivity contribution is 0.0600. The molecule has 1 N–H and O–H groups in total. The first-order valence-corrected chi connectivity index (χ1v) is 9.93. The molecule has 1 saturated heterocycles. The van der Waals surface area contributed by atoms with E-state index in [0.717, 1.165) is 31.8 Å². The summed E-state index contributed by atoms with van der Waals surface area (Å²) in [5.74, 6) is 0.235. The molecule has 1 fully saturated rings. The number of hydrogen-bond donors (Lipinski definition) is 1. The quantitative estimate of drug-likeness (QED) is 0.589. The molecule has 0 saturated carbocycles. The molecule has 0 amide bonds. The highest BCUT2D eigenvalue weighted by molar-refractivity contribution is 8.00. The number of carbonyl (C=O) groups excluding carboxylic acids is 1. The fraction of sp³-hybridized carbons (Fsp3) is 0.533. The second kappa shape index (κ2) is 8.68. The van der Waals surface area contributed by atoms with Gasteiger partial charge in [-0.25, -0.2) is 17.9 Å². The predicted molar refractivity (Wildman–Crippen MR) is 89.3 cm³/mol. The number of thioether (sulfide) groups is 1. The van der Waals surface area contributed by atoms with Crippen molar-refractivity contribution in [3.8, 4) is 0 Å². The SMILES string of the molecule is COC(=O)c1ccc(S(=O)(=O)NCCSC2CCOCC2)cc1. The van der Waals surface area contributed by atoms with E-state index in [9.17, 15) is 13.2 Å². The van der Waals surface area contributed by atoms with Gasteiger partial charge in [-0.2, -0.15) is 11.8 Å². The minimum absolute atomic E-state index is 0.140. The van der Waals surface area contributed by atoms with Crippen LogP contribution in [0.15, 0.2) is 29.2 Å². The van der Waals surface area contributed by atoms with Crippen molar-refractivity contribution in [1.29, 1.82) is 0 Å². The van der Waals surface area contributed by atoms with Gasteiger partial charge in [-0.1, -0.05) is 0 Å². The normalized spacial score (nSPS) is 16.2. The van der Waals surface area contributed by atoms with Crippen LogP contribution in [0.25, 0.3) is 0 Å². The van der Waals surface area contributed by atoms with E-state index in [1.54, 1.807) is 11.8 Å². The number of carbonyl (C=O) groups is 1. The Balaban J connectivity index is 1.82. The van der Waals surface area contributed by atoms with Gasteiger partial charge in [-0.05, 0) is 37.1 Å². The number of methoxy groups -OCH3 is 1. The minimum Gasteiger partial charge on any atom is -0.465 e. The van der Waals surface area contributed by atoms with Crippen LogP contribution in [0.5, 0.6) is 0 Å². The molecule has 2 rings (SSSR count). The number of sulfonamides is 1. The molecule has 0 bridgehead atoms. The van der Waals surface area contributed by atoms with Crippen molar-refractivity contribution < 1.29 is 22.7 Å². The maximum absolute atomic E-state index is 12.2. The number of hydrogen-bond acceptors (Lipinski definition) is 6. The molecule has 6 nitrogen and oxygen atoms in total. The summed E-state index contributed by atoms with van der Waals surface area (Å²) in [4.78, 5) is 11.5. The molecule has 1 heterocycles. The zero-order chi connectivity index (χ0) is 16.7. The molecule has 0 aliphatic carbocycles. The van der Waals surface area contributed by atoms with Crippen LogP contribution in [0.3, 0.4) is 0 Å². The van der Waals surface area contributed by atoms with Crippen LogP contribution in [0.2, 0.25) is 0 Å². The summed E-state index contributed by atoms with van der Waals surface area (Å²) in [5.41, 5.74) is 0.321. The first-order valence-electron chi connectivity index (χ1n) is 7.40. The monoisotopic (exact) mass is 359 g/mol. The summed E-state index contributed by atoms with van der Waals surface area (Å²) in [5, 5.41) is 0.549. The van der Waals surface area contributed by atoms with Gasteiger partial charge in [0.15, 0.2) is 0 Å². The van der Waals surface area contributed by atoms with E-state index in [1.165, 1.54) is 31.4 Å². The second-order valence-electron chi connectivity index (χ2n) is 5.10. The van der Waals surface area contributed by atoms with Gasteiger partial charge in [0, 0.05) is 30.8 Å². The molecule has 0 unspecified atom stereocenters. The van der Waals surface area contributed by atoms with Crippen LogP contribution >= 0.6 is 11.8 Å². The number of benzene rings is 1. The maximum Gasteiger partial charge on any atom is 0.337 e. The molecule has 0 radical (unpaired) electrons. The van der Waals surface area contributed by atoms with E-state index in [1.807, 2.05) is 0 Å². The van der Waals surface area contributed by atoms with Crippen LogP contribution in [-0.2, 0) is 19.5 Å². The van der Waals surface area contributed by atoms with E-state index < -0.39 is 16.0 Å². The van der Waals surface area contributed by atoms with E-state index >= 15 is 0 Å². The third-order valence-corrected chi connectivity index (χ3v) is 6.36. The lowest BCUT2D eigenvalue weighted by Gasteiger charge is -2.21. The molecule has 1 aromatic carbocycles. The summed E-state index contributed by atoms with van der Waals surface area (Å²) in [6.07, 6.45) is 2.04. The minimum atomic E-state index is -3.55. The number of nitrogens with one attached hydrogen (secondary N) is 1. The van der Waals surface area contributed by atoms with Crippen molar-refractivity contribution in [2.24, 2.45) is 0 Å². The molecular weight excluding hydrogens is 338 g/mol. The van der Waals surface area contributed by atoms with Gasteiger partial charge in [0.1, 0.15) is 0 Å². The van der Waals surface area contributed by atoms with Gasteiger partial charge >= 0.3 is 5.97 Å². The van der Waals surface area contributed by atoms with Gasteiger partial charge in [0.05, 0.1) is 17.6 Å². The fourth-order valence-electron chi connectivity index (χ4n) is 2.22. The van der Waals surface area contributed by atoms with Crippen molar-refractivity contribution in [3.63, 3.8) is 0 Å².